The predicted octanol–water partition coefficient (Wildman–Crippen LogP) is 4.49. The average molecular weight is 669 g/mol. The van der Waals surface area contributed by atoms with Crippen molar-refractivity contribution in [3.63, 3.8) is 0 Å². The number of phenols is 1. The van der Waals surface area contributed by atoms with Gasteiger partial charge in [0.1, 0.15) is 42.1 Å². The number of nitrogens with zero attached hydrogens (tertiary/aromatic N) is 5. The number of rotatable bonds is 10. The van der Waals surface area contributed by atoms with E-state index >= 15 is 4.39 Å². The van der Waals surface area contributed by atoms with E-state index < -0.39 is 11.6 Å². The van der Waals surface area contributed by atoms with Crippen LogP contribution in [0.4, 0.5) is 8.78 Å². The largest absolute Gasteiger partial charge is 0.508 e. The van der Waals surface area contributed by atoms with Crippen LogP contribution in [0.2, 0.25) is 0 Å². The molecular formula is C37H38F2N6O4. The minimum atomic E-state index is -0.791. The van der Waals surface area contributed by atoms with Gasteiger partial charge in [-0.3, -0.25) is 19.7 Å². The lowest BCUT2D eigenvalue weighted by atomic mass is 9.94. The van der Waals surface area contributed by atoms with Crippen molar-refractivity contribution in [2.24, 2.45) is 15.0 Å². The maximum absolute atomic E-state index is 17.0. The lowest BCUT2D eigenvalue weighted by Crippen LogP contribution is -2.50. The molecule has 0 saturated carbocycles. The van der Waals surface area contributed by atoms with Crippen LogP contribution in [0.15, 0.2) is 68.6 Å². The van der Waals surface area contributed by atoms with E-state index in [0.717, 1.165) is 37.7 Å². The van der Waals surface area contributed by atoms with Gasteiger partial charge >= 0.3 is 0 Å². The number of phenolic OH excluding ortho intramolecular Hbond substituents is 1. The van der Waals surface area contributed by atoms with Gasteiger partial charge in [-0.05, 0) is 62.4 Å². The second kappa shape index (κ2) is 13.3. The van der Waals surface area contributed by atoms with Gasteiger partial charge in [-0.25, -0.2) is 13.8 Å². The van der Waals surface area contributed by atoms with Crippen LogP contribution in [-0.4, -0.2) is 103 Å². The van der Waals surface area contributed by atoms with Crippen molar-refractivity contribution >= 4 is 41.6 Å². The zero-order valence-corrected chi connectivity index (χ0v) is 27.1. The third-order valence-corrected chi connectivity index (χ3v) is 10.4. The molecule has 49 heavy (non-hydrogen) atoms. The molecule has 4 fully saturated rings. The predicted molar refractivity (Wildman–Crippen MR) is 185 cm³/mol. The number of likely N-dealkylation sites (tertiary alicyclic amines) is 1. The van der Waals surface area contributed by atoms with Crippen LogP contribution in [0.1, 0.15) is 43.2 Å². The Balaban J connectivity index is 1.26. The minimum absolute atomic E-state index is 0.0395. The summed E-state index contributed by atoms with van der Waals surface area (Å²) in [4.78, 5) is 28.7. The third-order valence-electron chi connectivity index (χ3n) is 10.4. The standard InChI is InChI=1S/C37H38F2N6O4/c1-4-28-31(38)8-5-23-11-27(47)12-29(32(23)28)34-33(39)35(30(14-41-34)36(40-3)44-16-24-6-7-25(17-44)43-24)42-20-49-19-37-10-9-26(18-48-21-46)45(37)15-22(2)13-37/h1,5,8,11-12,14,21,24-26,43,47H,2-3,6-7,9-10,13,15-20H2/b36-30+,42-35+. The molecule has 0 aliphatic carbocycles. The first kappa shape index (κ1) is 32.8. The molecule has 254 valence electrons. The van der Waals surface area contributed by atoms with Crippen molar-refractivity contribution in [2.45, 2.75) is 55.8 Å². The Kier molecular flexibility index (Phi) is 8.92. The van der Waals surface area contributed by atoms with Gasteiger partial charge in [0.2, 0.25) is 0 Å². The summed E-state index contributed by atoms with van der Waals surface area (Å²) < 4.78 is 43.2. The number of allylic oxidation sites excluding steroid dienone is 2. The molecule has 4 atom stereocenters. The first-order valence-corrected chi connectivity index (χ1v) is 16.4. The molecule has 5 aliphatic heterocycles. The van der Waals surface area contributed by atoms with Crippen molar-refractivity contribution < 1.29 is 28.2 Å². The quantitative estimate of drug-likeness (QED) is 0.126. The second-order valence-corrected chi connectivity index (χ2v) is 13.4. The third kappa shape index (κ3) is 5.96. The molecule has 0 radical (unpaired) electrons. The number of hydrogen-bond acceptors (Lipinski definition) is 10. The molecular weight excluding hydrogens is 630 g/mol. The van der Waals surface area contributed by atoms with Crippen molar-refractivity contribution in [3.05, 3.63) is 70.6 Å². The summed E-state index contributed by atoms with van der Waals surface area (Å²) >= 11 is 0. The van der Waals surface area contributed by atoms with E-state index in [0.29, 0.717) is 56.1 Å². The molecule has 4 saturated heterocycles. The second-order valence-electron chi connectivity index (χ2n) is 13.4. The van der Waals surface area contributed by atoms with Crippen molar-refractivity contribution in [2.75, 3.05) is 39.6 Å². The van der Waals surface area contributed by atoms with Gasteiger partial charge in [-0.1, -0.05) is 24.1 Å². The Bertz CT molecular complexity index is 1880. The number of nitrogens with one attached hydrogen (secondary N) is 1. The van der Waals surface area contributed by atoms with Crippen LogP contribution in [0.5, 0.6) is 5.75 Å². The molecule has 2 aromatic carbocycles. The topological polar surface area (TPSA) is 111 Å². The summed E-state index contributed by atoms with van der Waals surface area (Å²) in [6, 6.07) is 6.08. The Hall–Kier alpha value is -4.70. The molecule has 2 bridgehead atoms. The average Bonchev–Trinajstić information content (AvgIpc) is 3.72. The summed E-state index contributed by atoms with van der Waals surface area (Å²) in [5.41, 5.74) is 0.977. The molecule has 5 heterocycles. The number of aromatic hydroxyl groups is 1. The molecule has 12 heteroatoms. The number of hydrogen-bond donors (Lipinski definition) is 2. The van der Waals surface area contributed by atoms with E-state index in [9.17, 15) is 14.3 Å². The van der Waals surface area contributed by atoms with Crippen LogP contribution in [-0.2, 0) is 14.3 Å². The Morgan fingerprint density at radius 3 is 2.78 bits per heavy atom. The molecule has 4 unspecified atom stereocenters. The zero-order chi connectivity index (χ0) is 34.3. The van der Waals surface area contributed by atoms with E-state index in [1.54, 1.807) is 0 Å². The molecule has 0 aromatic heterocycles. The van der Waals surface area contributed by atoms with Gasteiger partial charge < -0.3 is 24.8 Å². The first-order valence-electron chi connectivity index (χ1n) is 16.4. The van der Waals surface area contributed by atoms with Gasteiger partial charge in [0.05, 0.1) is 17.7 Å². The number of carbonyl (C=O) groups excluding carboxylic acids is 1. The fourth-order valence-corrected chi connectivity index (χ4v) is 8.31. The molecule has 0 amide bonds. The smallest absolute Gasteiger partial charge is 0.293 e. The highest BCUT2D eigenvalue weighted by atomic mass is 19.1. The maximum atomic E-state index is 17.0. The van der Waals surface area contributed by atoms with Gasteiger partial charge in [0.15, 0.2) is 5.83 Å². The monoisotopic (exact) mass is 668 g/mol. The van der Waals surface area contributed by atoms with Crippen molar-refractivity contribution in [1.29, 1.82) is 0 Å². The number of aliphatic imine (C=N–C) groups is 3. The number of benzene rings is 2. The number of halogens is 2. The summed E-state index contributed by atoms with van der Waals surface area (Å²) in [5, 5.41) is 14.9. The fraction of sp³-hybridized carbons (Fsp3) is 0.405. The summed E-state index contributed by atoms with van der Waals surface area (Å²) in [5.74, 6) is 1.24. The number of piperazine rings is 1. The van der Waals surface area contributed by atoms with Gasteiger partial charge in [0, 0.05) is 60.5 Å². The van der Waals surface area contributed by atoms with Gasteiger partial charge in [-0.15, -0.1) is 6.42 Å². The van der Waals surface area contributed by atoms with E-state index in [2.05, 4.69) is 49.3 Å². The number of terminal acetylenes is 1. The van der Waals surface area contributed by atoms with E-state index in [1.807, 2.05) is 0 Å². The van der Waals surface area contributed by atoms with E-state index in [-0.39, 0.29) is 64.1 Å². The Morgan fingerprint density at radius 2 is 2.04 bits per heavy atom. The highest BCUT2D eigenvalue weighted by Gasteiger charge is 2.50. The maximum Gasteiger partial charge on any atom is 0.293 e. The SMILES string of the molecule is C#Cc1c(F)ccc2cc(O)cc(C3=C(F)C(=N/COCC45CCC(COC=O)N4CC(=C)C5)/C(=C(\N=C)N4CC5CCC(C4)N5)C=N3)c12. The highest BCUT2D eigenvalue weighted by Crippen LogP contribution is 2.44. The van der Waals surface area contributed by atoms with Gasteiger partial charge in [-0.2, -0.15) is 0 Å². The van der Waals surface area contributed by atoms with Crippen molar-refractivity contribution in [1.82, 2.24) is 15.1 Å². The number of carbonyl (C=O) groups is 1. The van der Waals surface area contributed by atoms with Crippen LogP contribution in [0.25, 0.3) is 16.5 Å². The van der Waals surface area contributed by atoms with Crippen LogP contribution < -0.4 is 5.32 Å². The highest BCUT2D eigenvalue weighted by molar-refractivity contribution is 6.29. The van der Waals surface area contributed by atoms with E-state index in [1.165, 1.54) is 30.5 Å². The lowest BCUT2D eigenvalue weighted by Gasteiger charge is -2.35. The fourth-order valence-electron chi connectivity index (χ4n) is 8.31. The Labute approximate surface area is 283 Å². The zero-order valence-electron chi connectivity index (χ0n) is 27.1. The summed E-state index contributed by atoms with van der Waals surface area (Å²) in [6.07, 6.45) is 11.7. The van der Waals surface area contributed by atoms with E-state index in [4.69, 9.17) is 15.9 Å². The number of ether oxygens (including phenoxy) is 2. The normalized spacial score (nSPS) is 28.3. The van der Waals surface area contributed by atoms with Crippen LogP contribution in [0, 0.1) is 18.2 Å². The molecule has 2 N–H and O–H groups in total. The molecule has 7 rings (SSSR count). The molecule has 0 spiro atoms. The molecule has 2 aromatic rings. The molecule has 10 nitrogen and oxygen atoms in total. The van der Waals surface area contributed by atoms with Crippen molar-refractivity contribution in [3.8, 4) is 18.1 Å². The minimum Gasteiger partial charge on any atom is -0.508 e. The van der Waals surface area contributed by atoms with Gasteiger partial charge in [0.25, 0.3) is 6.47 Å². The first-order chi connectivity index (χ1) is 23.7. The van der Waals surface area contributed by atoms with Crippen LogP contribution >= 0.6 is 0 Å². The number of fused-ring (bicyclic) bond motifs is 4. The molecule has 5 aliphatic rings. The van der Waals surface area contributed by atoms with Crippen LogP contribution in [0.3, 0.4) is 0 Å². The summed E-state index contributed by atoms with van der Waals surface area (Å²) in [7, 11) is 0. The Morgan fingerprint density at radius 1 is 1.24 bits per heavy atom. The lowest BCUT2D eigenvalue weighted by molar-refractivity contribution is -0.130. The summed E-state index contributed by atoms with van der Waals surface area (Å²) in [6.45, 7) is 11.0.